The SMILES string of the molecule is CC(C)(C)OC(=O)N1CCC2(CCN(C(=O)Nc3cc(-c4ccc(F)cc4)ccc3N)CC2)C1. The maximum atomic E-state index is 13.3. The topological polar surface area (TPSA) is 87.9 Å². The number of benzene rings is 2. The molecule has 3 amide bonds. The number of rotatable bonds is 2. The lowest BCUT2D eigenvalue weighted by Gasteiger charge is -2.39. The summed E-state index contributed by atoms with van der Waals surface area (Å²) in [4.78, 5) is 29.0. The van der Waals surface area contributed by atoms with Crippen molar-refractivity contribution in [3.8, 4) is 11.1 Å². The van der Waals surface area contributed by atoms with Gasteiger partial charge in [-0.15, -0.1) is 0 Å². The smallest absolute Gasteiger partial charge is 0.410 e. The summed E-state index contributed by atoms with van der Waals surface area (Å²) in [5.74, 6) is -0.299. The Bertz CT molecular complexity index is 1060. The predicted molar refractivity (Wildman–Crippen MR) is 131 cm³/mol. The van der Waals surface area contributed by atoms with E-state index < -0.39 is 5.60 Å². The number of hydrogen-bond donors (Lipinski definition) is 2. The van der Waals surface area contributed by atoms with Crippen molar-refractivity contribution < 1.29 is 18.7 Å². The van der Waals surface area contributed by atoms with E-state index in [1.54, 1.807) is 28.0 Å². The number of halogens is 1. The van der Waals surface area contributed by atoms with E-state index in [1.165, 1.54) is 12.1 Å². The Labute approximate surface area is 200 Å². The lowest BCUT2D eigenvalue weighted by molar-refractivity contribution is 0.0254. The number of nitrogens with one attached hydrogen (secondary N) is 1. The second kappa shape index (κ2) is 9.16. The van der Waals surface area contributed by atoms with Gasteiger partial charge in [-0.2, -0.15) is 0 Å². The lowest BCUT2D eigenvalue weighted by atomic mass is 9.78. The largest absolute Gasteiger partial charge is 0.444 e. The molecule has 2 aromatic carbocycles. The molecular weight excluding hydrogens is 435 g/mol. The number of amides is 3. The second-order valence-corrected chi connectivity index (χ2v) is 10.4. The molecule has 7 nitrogen and oxygen atoms in total. The normalized spacial score (nSPS) is 17.6. The minimum Gasteiger partial charge on any atom is -0.444 e. The van der Waals surface area contributed by atoms with E-state index in [0.29, 0.717) is 37.6 Å². The van der Waals surface area contributed by atoms with Crippen molar-refractivity contribution in [3.05, 3.63) is 48.3 Å². The Balaban J connectivity index is 1.35. The molecule has 3 N–H and O–H groups in total. The molecule has 0 radical (unpaired) electrons. The fourth-order valence-corrected chi connectivity index (χ4v) is 4.69. The molecule has 0 aliphatic carbocycles. The molecule has 34 heavy (non-hydrogen) atoms. The molecule has 0 unspecified atom stereocenters. The van der Waals surface area contributed by atoms with Crippen LogP contribution in [0.25, 0.3) is 11.1 Å². The average molecular weight is 469 g/mol. The van der Waals surface area contributed by atoms with Crippen LogP contribution < -0.4 is 11.1 Å². The van der Waals surface area contributed by atoms with E-state index in [2.05, 4.69) is 5.32 Å². The molecule has 2 saturated heterocycles. The molecule has 2 aliphatic heterocycles. The van der Waals surface area contributed by atoms with Gasteiger partial charge in [-0.3, -0.25) is 0 Å². The molecule has 2 fully saturated rings. The standard InChI is InChI=1S/C26H33FN4O3/c1-25(2,3)34-24(33)31-15-12-26(17-31)10-13-30(14-11-26)23(32)29-22-16-19(6-9-21(22)28)18-4-7-20(27)8-5-18/h4-9,16H,10-15,17,28H2,1-3H3,(H,29,32). The molecule has 1 spiro atoms. The number of hydrogen-bond acceptors (Lipinski definition) is 4. The number of nitrogen functional groups attached to an aromatic ring is 1. The van der Waals surface area contributed by atoms with Gasteiger partial charge < -0.3 is 25.6 Å². The molecule has 0 saturated carbocycles. The zero-order valence-electron chi connectivity index (χ0n) is 20.1. The third-order valence-corrected chi connectivity index (χ3v) is 6.67. The summed E-state index contributed by atoms with van der Waals surface area (Å²) in [6.45, 7) is 8.21. The van der Waals surface area contributed by atoms with E-state index in [1.807, 2.05) is 32.9 Å². The molecule has 0 atom stereocenters. The van der Waals surface area contributed by atoms with Crippen LogP contribution in [0.4, 0.5) is 25.4 Å². The average Bonchev–Trinajstić information content (AvgIpc) is 3.19. The Hall–Kier alpha value is -3.29. The van der Waals surface area contributed by atoms with Gasteiger partial charge in [0.2, 0.25) is 0 Å². The highest BCUT2D eigenvalue weighted by Gasteiger charge is 2.43. The highest BCUT2D eigenvalue weighted by Crippen LogP contribution is 2.41. The van der Waals surface area contributed by atoms with Crippen LogP contribution in [0.15, 0.2) is 42.5 Å². The first-order valence-electron chi connectivity index (χ1n) is 11.7. The maximum absolute atomic E-state index is 13.3. The summed E-state index contributed by atoms with van der Waals surface area (Å²) in [5, 5.41) is 2.94. The van der Waals surface area contributed by atoms with E-state index >= 15 is 0 Å². The minimum absolute atomic E-state index is 0.0369. The van der Waals surface area contributed by atoms with Crippen LogP contribution in [-0.2, 0) is 4.74 Å². The lowest BCUT2D eigenvalue weighted by Crippen LogP contribution is -2.46. The second-order valence-electron chi connectivity index (χ2n) is 10.4. The first-order valence-corrected chi connectivity index (χ1v) is 11.7. The zero-order chi connectivity index (χ0) is 24.5. The van der Waals surface area contributed by atoms with E-state index in [4.69, 9.17) is 10.5 Å². The first kappa shape index (κ1) is 23.9. The van der Waals surface area contributed by atoms with E-state index in [-0.39, 0.29) is 23.4 Å². The Kier molecular flexibility index (Phi) is 6.43. The number of likely N-dealkylation sites (tertiary alicyclic amines) is 2. The number of nitrogens with zero attached hydrogens (tertiary/aromatic N) is 2. The van der Waals surface area contributed by atoms with Gasteiger partial charge in [-0.25, -0.2) is 14.0 Å². The third-order valence-electron chi connectivity index (χ3n) is 6.67. The van der Waals surface area contributed by atoms with Crippen molar-refractivity contribution in [2.45, 2.75) is 45.6 Å². The molecule has 4 rings (SSSR count). The summed E-state index contributed by atoms with van der Waals surface area (Å²) >= 11 is 0. The van der Waals surface area contributed by atoms with Crippen LogP contribution in [0, 0.1) is 11.2 Å². The van der Waals surface area contributed by atoms with Gasteiger partial charge in [0.15, 0.2) is 0 Å². The molecule has 182 valence electrons. The summed E-state index contributed by atoms with van der Waals surface area (Å²) in [6.07, 6.45) is 2.34. The van der Waals surface area contributed by atoms with Crippen molar-refractivity contribution >= 4 is 23.5 Å². The van der Waals surface area contributed by atoms with Gasteiger partial charge in [-0.05, 0) is 80.8 Å². The van der Waals surface area contributed by atoms with Crippen molar-refractivity contribution in [2.24, 2.45) is 5.41 Å². The van der Waals surface area contributed by atoms with Gasteiger partial charge in [-0.1, -0.05) is 18.2 Å². The molecule has 8 heteroatoms. The number of nitrogens with two attached hydrogens (primary N) is 1. The van der Waals surface area contributed by atoms with Crippen molar-refractivity contribution in [1.82, 2.24) is 9.80 Å². The molecule has 2 aromatic rings. The number of anilines is 2. The monoisotopic (exact) mass is 468 g/mol. The number of carbonyl (C=O) groups is 2. The van der Waals surface area contributed by atoms with Crippen molar-refractivity contribution in [1.29, 1.82) is 0 Å². The van der Waals surface area contributed by atoms with Crippen LogP contribution in [0.2, 0.25) is 0 Å². The fourth-order valence-electron chi connectivity index (χ4n) is 4.69. The summed E-state index contributed by atoms with van der Waals surface area (Å²) in [6, 6.07) is 11.4. The van der Waals surface area contributed by atoms with Crippen LogP contribution in [0.5, 0.6) is 0 Å². The maximum Gasteiger partial charge on any atom is 0.410 e. The number of ether oxygens (including phenoxy) is 1. The molecule has 0 aromatic heterocycles. The summed E-state index contributed by atoms with van der Waals surface area (Å²) in [7, 11) is 0. The molecular formula is C26H33FN4O3. The van der Waals surface area contributed by atoms with Gasteiger partial charge in [0.1, 0.15) is 11.4 Å². The van der Waals surface area contributed by atoms with Gasteiger partial charge in [0.05, 0.1) is 11.4 Å². The molecule has 0 bridgehead atoms. The predicted octanol–water partition coefficient (Wildman–Crippen LogP) is 5.33. The number of carbonyl (C=O) groups excluding carboxylic acids is 2. The zero-order valence-corrected chi connectivity index (χ0v) is 20.1. The highest BCUT2D eigenvalue weighted by atomic mass is 19.1. The van der Waals surface area contributed by atoms with E-state index in [9.17, 15) is 14.0 Å². The first-order chi connectivity index (χ1) is 16.0. The summed E-state index contributed by atoms with van der Waals surface area (Å²) in [5.41, 5.74) is 8.32. The van der Waals surface area contributed by atoms with Gasteiger partial charge >= 0.3 is 12.1 Å². The van der Waals surface area contributed by atoms with Crippen LogP contribution >= 0.6 is 0 Å². The van der Waals surface area contributed by atoms with Crippen LogP contribution in [0.1, 0.15) is 40.0 Å². The third kappa shape index (κ3) is 5.43. The quantitative estimate of drug-likeness (QED) is 0.583. The van der Waals surface area contributed by atoms with Crippen molar-refractivity contribution in [2.75, 3.05) is 37.2 Å². The highest BCUT2D eigenvalue weighted by molar-refractivity contribution is 5.94. The minimum atomic E-state index is -0.510. The molecule has 2 aliphatic rings. The van der Waals surface area contributed by atoms with Crippen molar-refractivity contribution in [3.63, 3.8) is 0 Å². The number of urea groups is 1. The Morgan fingerprint density at radius 3 is 2.18 bits per heavy atom. The Morgan fingerprint density at radius 2 is 1.56 bits per heavy atom. The Morgan fingerprint density at radius 1 is 0.971 bits per heavy atom. The van der Waals surface area contributed by atoms with Crippen LogP contribution in [0.3, 0.4) is 0 Å². The van der Waals surface area contributed by atoms with Gasteiger partial charge in [0, 0.05) is 26.2 Å². The number of piperidine rings is 1. The fraction of sp³-hybridized carbons (Fsp3) is 0.462. The molecule has 2 heterocycles. The van der Waals surface area contributed by atoms with Crippen LogP contribution in [-0.4, -0.2) is 53.7 Å². The van der Waals surface area contributed by atoms with E-state index in [0.717, 1.165) is 30.4 Å². The summed E-state index contributed by atoms with van der Waals surface area (Å²) < 4.78 is 18.8. The van der Waals surface area contributed by atoms with Gasteiger partial charge in [0.25, 0.3) is 0 Å².